The normalized spacial score (nSPS) is 17.1. The zero-order chi connectivity index (χ0) is 11.4. The van der Waals surface area contributed by atoms with E-state index in [2.05, 4.69) is 33.8 Å². The second-order valence-corrected chi connectivity index (χ2v) is 4.19. The van der Waals surface area contributed by atoms with Crippen LogP contribution in [-0.4, -0.2) is 43.1 Å². The van der Waals surface area contributed by atoms with Crippen molar-refractivity contribution in [3.05, 3.63) is 23.9 Å². The Bertz CT molecular complexity index is 386. The van der Waals surface area contributed by atoms with Gasteiger partial charge in [0.05, 0.1) is 0 Å². The first kappa shape index (κ1) is 11.0. The molecule has 1 fully saturated rings. The maximum atomic E-state index is 5.32. The second kappa shape index (κ2) is 5.00. The molecule has 0 N–H and O–H groups in total. The van der Waals surface area contributed by atoms with Crippen LogP contribution in [-0.2, 0) is 6.42 Å². The molecule has 0 aliphatic carbocycles. The Hall–Kier alpha value is -1.53. The number of piperazine rings is 1. The Balaban J connectivity index is 2.09. The van der Waals surface area contributed by atoms with Gasteiger partial charge in [0.2, 0.25) is 0 Å². The van der Waals surface area contributed by atoms with E-state index in [0.717, 1.165) is 32.0 Å². The third kappa shape index (κ3) is 2.53. The Kier molecular flexibility index (Phi) is 3.43. The number of rotatable bonds is 2. The van der Waals surface area contributed by atoms with E-state index < -0.39 is 0 Å². The molecular weight excluding hydrogens is 198 g/mol. The Labute approximate surface area is 97.1 Å². The standard InChI is InChI=1S/C13H17N3/c1-3-4-12-5-6-14-13(11-12)16-9-7-15(2)8-10-16/h1,5-6,11H,4,7-10H2,2H3. The number of aromatic nitrogens is 1. The number of pyridine rings is 1. The molecule has 0 bridgehead atoms. The highest BCUT2D eigenvalue weighted by Gasteiger charge is 2.14. The van der Waals surface area contributed by atoms with Crippen molar-refractivity contribution in [1.29, 1.82) is 0 Å². The monoisotopic (exact) mass is 215 g/mol. The van der Waals surface area contributed by atoms with E-state index in [0.29, 0.717) is 6.42 Å². The minimum atomic E-state index is 0.684. The fourth-order valence-corrected chi connectivity index (χ4v) is 1.90. The number of hydrogen-bond acceptors (Lipinski definition) is 3. The van der Waals surface area contributed by atoms with Crippen LogP contribution in [0.15, 0.2) is 18.3 Å². The van der Waals surface area contributed by atoms with Gasteiger partial charge in [-0.25, -0.2) is 4.98 Å². The minimum Gasteiger partial charge on any atom is -0.354 e. The van der Waals surface area contributed by atoms with E-state index >= 15 is 0 Å². The van der Waals surface area contributed by atoms with Crippen molar-refractivity contribution in [2.45, 2.75) is 6.42 Å². The Morgan fingerprint density at radius 3 is 2.81 bits per heavy atom. The lowest BCUT2D eigenvalue weighted by Crippen LogP contribution is -2.44. The van der Waals surface area contributed by atoms with E-state index in [1.807, 2.05) is 12.3 Å². The number of anilines is 1. The molecular formula is C13H17N3. The molecule has 1 aromatic rings. The van der Waals surface area contributed by atoms with Gasteiger partial charge in [-0.15, -0.1) is 12.3 Å². The molecule has 2 rings (SSSR count). The van der Waals surface area contributed by atoms with Gasteiger partial charge in [0.15, 0.2) is 0 Å². The van der Waals surface area contributed by atoms with Crippen LogP contribution >= 0.6 is 0 Å². The molecule has 1 aliphatic rings. The molecule has 16 heavy (non-hydrogen) atoms. The summed E-state index contributed by atoms with van der Waals surface area (Å²) in [7, 11) is 2.15. The molecule has 3 nitrogen and oxygen atoms in total. The maximum Gasteiger partial charge on any atom is 0.128 e. The molecule has 0 spiro atoms. The van der Waals surface area contributed by atoms with Gasteiger partial charge in [-0.05, 0) is 24.7 Å². The number of terminal acetylenes is 1. The lowest BCUT2D eigenvalue weighted by Gasteiger charge is -2.33. The fraction of sp³-hybridized carbons (Fsp3) is 0.462. The van der Waals surface area contributed by atoms with Crippen LogP contribution in [0.25, 0.3) is 0 Å². The zero-order valence-electron chi connectivity index (χ0n) is 9.69. The van der Waals surface area contributed by atoms with Crippen LogP contribution in [0.4, 0.5) is 5.82 Å². The molecule has 84 valence electrons. The van der Waals surface area contributed by atoms with Crippen LogP contribution in [0.2, 0.25) is 0 Å². The molecule has 0 atom stereocenters. The molecule has 1 saturated heterocycles. The summed E-state index contributed by atoms with van der Waals surface area (Å²) < 4.78 is 0. The topological polar surface area (TPSA) is 19.4 Å². The first-order valence-corrected chi connectivity index (χ1v) is 5.61. The van der Waals surface area contributed by atoms with Crippen LogP contribution in [0.5, 0.6) is 0 Å². The average Bonchev–Trinajstić information content (AvgIpc) is 2.31. The summed E-state index contributed by atoms with van der Waals surface area (Å²) in [6.07, 6.45) is 7.85. The maximum absolute atomic E-state index is 5.32. The predicted molar refractivity (Wildman–Crippen MR) is 66.5 cm³/mol. The first-order chi connectivity index (χ1) is 7.79. The van der Waals surface area contributed by atoms with Crippen molar-refractivity contribution < 1.29 is 0 Å². The van der Waals surface area contributed by atoms with E-state index in [4.69, 9.17) is 6.42 Å². The third-order valence-electron chi connectivity index (χ3n) is 2.94. The van der Waals surface area contributed by atoms with Gasteiger partial charge in [-0.2, -0.15) is 0 Å². The Morgan fingerprint density at radius 2 is 2.12 bits per heavy atom. The van der Waals surface area contributed by atoms with E-state index in [1.54, 1.807) is 0 Å². The number of nitrogens with zero attached hydrogens (tertiary/aromatic N) is 3. The van der Waals surface area contributed by atoms with Crippen molar-refractivity contribution in [2.75, 3.05) is 38.1 Å². The highest BCUT2D eigenvalue weighted by atomic mass is 15.3. The smallest absolute Gasteiger partial charge is 0.128 e. The number of hydrogen-bond donors (Lipinski definition) is 0. The summed E-state index contributed by atoms with van der Waals surface area (Å²) in [5.41, 5.74) is 1.17. The first-order valence-electron chi connectivity index (χ1n) is 5.61. The van der Waals surface area contributed by atoms with Crippen molar-refractivity contribution in [3.63, 3.8) is 0 Å². The SMILES string of the molecule is C#CCc1ccnc(N2CCN(C)CC2)c1. The van der Waals surface area contributed by atoms with Crippen molar-refractivity contribution in [3.8, 4) is 12.3 Å². The Morgan fingerprint density at radius 1 is 1.38 bits per heavy atom. The largest absolute Gasteiger partial charge is 0.354 e. The summed E-state index contributed by atoms with van der Waals surface area (Å²) in [5.74, 6) is 3.72. The van der Waals surface area contributed by atoms with E-state index in [9.17, 15) is 0 Å². The highest BCUT2D eigenvalue weighted by molar-refractivity contribution is 5.42. The molecule has 0 unspecified atom stereocenters. The van der Waals surface area contributed by atoms with Crippen LogP contribution in [0, 0.1) is 12.3 Å². The molecule has 0 radical (unpaired) electrons. The van der Waals surface area contributed by atoms with Crippen molar-refractivity contribution >= 4 is 5.82 Å². The fourth-order valence-electron chi connectivity index (χ4n) is 1.90. The predicted octanol–water partition coefficient (Wildman–Crippen LogP) is 1.01. The minimum absolute atomic E-state index is 0.684. The van der Waals surface area contributed by atoms with Gasteiger partial charge < -0.3 is 9.80 Å². The molecule has 1 aliphatic heterocycles. The summed E-state index contributed by atoms with van der Waals surface area (Å²) in [4.78, 5) is 9.06. The highest BCUT2D eigenvalue weighted by Crippen LogP contribution is 2.14. The van der Waals surface area contributed by atoms with Crippen LogP contribution in [0.3, 0.4) is 0 Å². The molecule has 3 heteroatoms. The van der Waals surface area contributed by atoms with Gasteiger partial charge >= 0.3 is 0 Å². The van der Waals surface area contributed by atoms with Gasteiger partial charge in [-0.3, -0.25) is 0 Å². The average molecular weight is 215 g/mol. The van der Waals surface area contributed by atoms with E-state index in [-0.39, 0.29) is 0 Å². The van der Waals surface area contributed by atoms with Crippen LogP contribution < -0.4 is 4.90 Å². The van der Waals surface area contributed by atoms with Crippen molar-refractivity contribution in [1.82, 2.24) is 9.88 Å². The molecule has 0 aromatic carbocycles. The van der Waals surface area contributed by atoms with Gasteiger partial charge in [0.25, 0.3) is 0 Å². The molecule has 0 amide bonds. The molecule has 0 saturated carbocycles. The quantitative estimate of drug-likeness (QED) is 0.686. The summed E-state index contributed by atoms with van der Waals surface area (Å²) in [6.45, 7) is 4.29. The summed E-state index contributed by atoms with van der Waals surface area (Å²) >= 11 is 0. The molecule has 1 aromatic heterocycles. The zero-order valence-corrected chi connectivity index (χ0v) is 9.69. The molecule has 2 heterocycles. The summed E-state index contributed by atoms with van der Waals surface area (Å²) in [5, 5.41) is 0. The second-order valence-electron chi connectivity index (χ2n) is 4.19. The van der Waals surface area contributed by atoms with Crippen LogP contribution in [0.1, 0.15) is 5.56 Å². The van der Waals surface area contributed by atoms with Gasteiger partial charge in [0.1, 0.15) is 5.82 Å². The lowest BCUT2D eigenvalue weighted by molar-refractivity contribution is 0.312. The van der Waals surface area contributed by atoms with Gasteiger partial charge in [0, 0.05) is 38.8 Å². The number of likely N-dealkylation sites (N-methyl/N-ethyl adjacent to an activating group) is 1. The summed E-state index contributed by atoms with van der Waals surface area (Å²) in [6, 6.07) is 4.09. The lowest BCUT2D eigenvalue weighted by atomic mass is 10.2. The van der Waals surface area contributed by atoms with E-state index in [1.165, 1.54) is 5.56 Å². The van der Waals surface area contributed by atoms with Crippen molar-refractivity contribution in [2.24, 2.45) is 0 Å². The van der Waals surface area contributed by atoms with Gasteiger partial charge in [-0.1, -0.05) is 0 Å². The third-order valence-corrected chi connectivity index (χ3v) is 2.94.